The summed E-state index contributed by atoms with van der Waals surface area (Å²) in [6.07, 6.45) is 0.0106. The number of aliphatic carboxylic acids is 1. The molecule has 0 aromatic heterocycles. The molecule has 0 bridgehead atoms. The predicted octanol–water partition coefficient (Wildman–Crippen LogP) is 2.26. The number of carbonyl (C=O) groups is 1. The highest BCUT2D eigenvalue weighted by molar-refractivity contribution is 5.66. The minimum atomic E-state index is -0.886. The van der Waals surface area contributed by atoms with Crippen LogP contribution >= 0.6 is 0 Å². The lowest BCUT2D eigenvalue weighted by Gasteiger charge is -2.19. The van der Waals surface area contributed by atoms with E-state index in [0.29, 0.717) is 18.7 Å². The summed E-state index contributed by atoms with van der Waals surface area (Å²) < 4.78 is 26.1. The fourth-order valence-electron chi connectivity index (χ4n) is 1.49. The van der Waals surface area contributed by atoms with Gasteiger partial charge in [-0.3, -0.25) is 9.69 Å². The minimum Gasteiger partial charge on any atom is -0.481 e. The molecule has 1 aromatic carbocycles. The molecule has 0 amide bonds. The van der Waals surface area contributed by atoms with Gasteiger partial charge in [0, 0.05) is 24.7 Å². The first-order valence-electron chi connectivity index (χ1n) is 5.41. The minimum absolute atomic E-state index is 0.0106. The van der Waals surface area contributed by atoms with Crippen LogP contribution < -0.4 is 0 Å². The van der Waals surface area contributed by atoms with E-state index in [1.807, 2.05) is 6.92 Å². The molecule has 94 valence electrons. The van der Waals surface area contributed by atoms with Crippen molar-refractivity contribution in [3.8, 4) is 0 Å². The highest BCUT2D eigenvalue weighted by atomic mass is 19.1. The van der Waals surface area contributed by atoms with Gasteiger partial charge in [-0.25, -0.2) is 8.78 Å². The molecule has 1 rings (SSSR count). The van der Waals surface area contributed by atoms with E-state index in [-0.39, 0.29) is 13.0 Å². The molecular weight excluding hydrogens is 228 g/mol. The first kappa shape index (κ1) is 13.6. The Kier molecular flexibility index (Phi) is 5.03. The normalized spacial score (nSPS) is 10.8. The van der Waals surface area contributed by atoms with Crippen LogP contribution in [0.4, 0.5) is 8.78 Å². The molecular formula is C12H15F2NO2. The molecule has 0 heterocycles. The van der Waals surface area contributed by atoms with Crippen LogP contribution in [0.25, 0.3) is 0 Å². The largest absolute Gasteiger partial charge is 0.481 e. The summed E-state index contributed by atoms with van der Waals surface area (Å²) in [6.45, 7) is 3.12. The van der Waals surface area contributed by atoms with E-state index in [2.05, 4.69) is 0 Å². The van der Waals surface area contributed by atoms with E-state index < -0.39 is 17.6 Å². The Labute approximate surface area is 98.7 Å². The summed E-state index contributed by atoms with van der Waals surface area (Å²) in [7, 11) is 0. The molecule has 0 saturated heterocycles. The third-order valence-electron chi connectivity index (χ3n) is 2.50. The Bertz CT molecular complexity index is 396. The number of carboxylic acids is 1. The van der Waals surface area contributed by atoms with Crippen molar-refractivity contribution in [2.45, 2.75) is 19.9 Å². The lowest BCUT2D eigenvalue weighted by Crippen LogP contribution is -2.26. The summed E-state index contributed by atoms with van der Waals surface area (Å²) >= 11 is 0. The zero-order chi connectivity index (χ0) is 12.8. The van der Waals surface area contributed by atoms with E-state index in [1.165, 1.54) is 12.1 Å². The smallest absolute Gasteiger partial charge is 0.304 e. The lowest BCUT2D eigenvalue weighted by atomic mass is 10.2. The number of halogens is 2. The number of nitrogens with zero attached hydrogens (tertiary/aromatic N) is 1. The van der Waals surface area contributed by atoms with Crippen molar-refractivity contribution in [1.29, 1.82) is 0 Å². The lowest BCUT2D eigenvalue weighted by molar-refractivity contribution is -0.137. The Morgan fingerprint density at radius 3 is 2.65 bits per heavy atom. The van der Waals surface area contributed by atoms with Gasteiger partial charge in [-0.2, -0.15) is 0 Å². The van der Waals surface area contributed by atoms with Crippen LogP contribution in [-0.4, -0.2) is 29.1 Å². The van der Waals surface area contributed by atoms with Gasteiger partial charge in [0.2, 0.25) is 0 Å². The third kappa shape index (κ3) is 4.48. The van der Waals surface area contributed by atoms with Crippen molar-refractivity contribution in [3.05, 3.63) is 35.4 Å². The van der Waals surface area contributed by atoms with Crippen LogP contribution in [0.5, 0.6) is 0 Å². The van der Waals surface area contributed by atoms with E-state index in [0.717, 1.165) is 6.07 Å². The Morgan fingerprint density at radius 2 is 2.12 bits per heavy atom. The zero-order valence-electron chi connectivity index (χ0n) is 9.62. The van der Waals surface area contributed by atoms with Crippen LogP contribution in [-0.2, 0) is 11.3 Å². The zero-order valence-corrected chi connectivity index (χ0v) is 9.62. The molecule has 0 atom stereocenters. The van der Waals surface area contributed by atoms with Crippen molar-refractivity contribution in [1.82, 2.24) is 4.90 Å². The average Bonchev–Trinajstić information content (AvgIpc) is 2.26. The second-order valence-corrected chi connectivity index (χ2v) is 3.75. The SMILES string of the molecule is CCN(CCC(=O)O)Cc1ccc(F)cc1F. The summed E-state index contributed by atoms with van der Waals surface area (Å²) in [5.41, 5.74) is 0.374. The van der Waals surface area contributed by atoms with Gasteiger partial charge in [0.15, 0.2) is 0 Å². The first-order chi connectivity index (χ1) is 8.02. The topological polar surface area (TPSA) is 40.5 Å². The summed E-state index contributed by atoms with van der Waals surface area (Å²) in [4.78, 5) is 12.2. The van der Waals surface area contributed by atoms with E-state index in [9.17, 15) is 13.6 Å². The fraction of sp³-hybridized carbons (Fsp3) is 0.417. The summed E-state index contributed by atoms with van der Waals surface area (Å²) in [5, 5.41) is 8.56. The van der Waals surface area contributed by atoms with Crippen molar-refractivity contribution in [2.24, 2.45) is 0 Å². The van der Waals surface area contributed by atoms with E-state index >= 15 is 0 Å². The maximum atomic E-state index is 13.4. The van der Waals surface area contributed by atoms with Crippen molar-refractivity contribution >= 4 is 5.97 Å². The third-order valence-corrected chi connectivity index (χ3v) is 2.50. The maximum absolute atomic E-state index is 13.4. The standard InChI is InChI=1S/C12H15F2NO2/c1-2-15(6-5-12(16)17)8-9-3-4-10(13)7-11(9)14/h3-4,7H,2,5-6,8H2,1H3,(H,16,17). The van der Waals surface area contributed by atoms with Crippen LogP contribution in [0.2, 0.25) is 0 Å². The van der Waals surface area contributed by atoms with Gasteiger partial charge in [0.05, 0.1) is 6.42 Å². The Morgan fingerprint density at radius 1 is 1.41 bits per heavy atom. The van der Waals surface area contributed by atoms with Gasteiger partial charge in [0.1, 0.15) is 11.6 Å². The molecule has 0 aliphatic carbocycles. The van der Waals surface area contributed by atoms with E-state index in [1.54, 1.807) is 4.90 Å². The number of hydrogen-bond acceptors (Lipinski definition) is 2. The number of rotatable bonds is 6. The maximum Gasteiger partial charge on any atom is 0.304 e. The van der Waals surface area contributed by atoms with Gasteiger partial charge >= 0.3 is 5.97 Å². The molecule has 0 aliphatic rings. The Balaban J connectivity index is 2.63. The molecule has 0 radical (unpaired) electrons. The van der Waals surface area contributed by atoms with Gasteiger partial charge in [0.25, 0.3) is 0 Å². The molecule has 3 nitrogen and oxygen atoms in total. The quantitative estimate of drug-likeness (QED) is 0.833. The number of hydrogen-bond donors (Lipinski definition) is 1. The van der Waals surface area contributed by atoms with E-state index in [4.69, 9.17) is 5.11 Å². The van der Waals surface area contributed by atoms with Crippen molar-refractivity contribution in [2.75, 3.05) is 13.1 Å². The predicted molar refractivity (Wildman–Crippen MR) is 59.6 cm³/mol. The molecule has 0 aliphatic heterocycles. The fourth-order valence-corrected chi connectivity index (χ4v) is 1.49. The van der Waals surface area contributed by atoms with Gasteiger partial charge < -0.3 is 5.11 Å². The molecule has 0 saturated carbocycles. The number of carboxylic acid groups (broad SMARTS) is 1. The number of benzene rings is 1. The van der Waals surface area contributed by atoms with Crippen LogP contribution in [0.15, 0.2) is 18.2 Å². The van der Waals surface area contributed by atoms with Gasteiger partial charge in [-0.05, 0) is 12.6 Å². The monoisotopic (exact) mass is 243 g/mol. The van der Waals surface area contributed by atoms with Gasteiger partial charge in [-0.15, -0.1) is 0 Å². The van der Waals surface area contributed by atoms with Crippen molar-refractivity contribution < 1.29 is 18.7 Å². The molecule has 17 heavy (non-hydrogen) atoms. The average molecular weight is 243 g/mol. The molecule has 0 spiro atoms. The summed E-state index contributed by atoms with van der Waals surface area (Å²) in [6, 6.07) is 3.41. The van der Waals surface area contributed by atoms with Crippen LogP contribution in [0, 0.1) is 11.6 Å². The molecule has 1 aromatic rings. The molecule has 0 fully saturated rings. The van der Waals surface area contributed by atoms with Crippen LogP contribution in [0.1, 0.15) is 18.9 Å². The first-order valence-corrected chi connectivity index (χ1v) is 5.41. The second-order valence-electron chi connectivity index (χ2n) is 3.75. The highest BCUT2D eigenvalue weighted by Crippen LogP contribution is 2.12. The highest BCUT2D eigenvalue weighted by Gasteiger charge is 2.10. The van der Waals surface area contributed by atoms with Crippen LogP contribution in [0.3, 0.4) is 0 Å². The second kappa shape index (κ2) is 6.30. The molecule has 5 heteroatoms. The Hall–Kier alpha value is -1.49. The molecule has 0 unspecified atom stereocenters. The summed E-state index contributed by atoms with van der Waals surface area (Å²) in [5.74, 6) is -2.10. The molecule has 1 N–H and O–H groups in total. The van der Waals surface area contributed by atoms with Gasteiger partial charge in [-0.1, -0.05) is 13.0 Å². The van der Waals surface area contributed by atoms with Crippen molar-refractivity contribution in [3.63, 3.8) is 0 Å².